The van der Waals surface area contributed by atoms with Crippen LogP contribution >= 0.6 is 19.6 Å². The maximum Gasteiger partial charge on any atom is 0.325 e. The maximum absolute atomic E-state index is 13.3. The summed E-state index contributed by atoms with van der Waals surface area (Å²) in [5.74, 6) is -0.667. The first kappa shape index (κ1) is 66.0. The lowest BCUT2D eigenvalue weighted by Gasteiger charge is -2.41. The zero-order chi connectivity index (χ0) is 50.8. The lowest BCUT2D eigenvalue weighted by Crippen LogP contribution is -2.63. The summed E-state index contributed by atoms with van der Waals surface area (Å²) in [6.45, 7) is 4.37. The third-order valence-corrected chi connectivity index (χ3v) is 15.4. The van der Waals surface area contributed by atoms with Crippen LogP contribution in [0.25, 0.3) is 0 Å². The van der Waals surface area contributed by atoms with Crippen molar-refractivity contribution in [3.8, 4) is 0 Å². The number of carbonyl (C=O) groups is 2. The molecule has 0 aromatic heterocycles. The summed E-state index contributed by atoms with van der Waals surface area (Å²) in [5, 5.41) is 51.9. The number of hydrogen-bond acceptors (Lipinski definition) is 12. The molecular weight excluding hydrogens is 920 g/mol. The maximum atomic E-state index is 13.3. The average molecular weight is 1020 g/mol. The topological polar surface area (TPSA) is 221 Å². The van der Waals surface area contributed by atoms with Gasteiger partial charge in [-0.05, 0) is 63.4 Å². The summed E-state index contributed by atoms with van der Waals surface area (Å²) in [5.41, 5.74) is 0. The van der Waals surface area contributed by atoms with Crippen molar-refractivity contribution >= 4 is 31.6 Å². The summed E-state index contributed by atoms with van der Waals surface area (Å²) in [7, 11) is -3.89. The molecule has 0 spiro atoms. The zero-order valence-electron chi connectivity index (χ0n) is 43.5. The van der Waals surface area contributed by atoms with E-state index < -0.39 is 50.3 Å². The molecule has 0 amide bonds. The molecule has 0 heterocycles. The van der Waals surface area contributed by atoms with Gasteiger partial charge in [0.1, 0.15) is 49.3 Å². The van der Waals surface area contributed by atoms with E-state index in [1.54, 1.807) is 0 Å². The molecule has 0 radical (unpaired) electrons. The molecule has 1 rings (SSSR count). The van der Waals surface area contributed by atoms with Crippen molar-refractivity contribution in [3.05, 3.63) is 12.2 Å². The van der Waals surface area contributed by atoms with E-state index >= 15 is 0 Å². The summed E-state index contributed by atoms with van der Waals surface area (Å²) in [4.78, 5) is 44.2. The van der Waals surface area contributed by atoms with E-state index in [4.69, 9.17) is 23.4 Å². The van der Waals surface area contributed by atoms with Gasteiger partial charge in [-0.25, -0.2) is 0 Å². The Morgan fingerprint density at radius 3 is 1.33 bits per heavy atom. The van der Waals surface area contributed by atoms with Crippen LogP contribution in [0, 0.1) is 0 Å². The fourth-order valence-electron chi connectivity index (χ4n) is 8.98. The van der Waals surface area contributed by atoms with Crippen LogP contribution in [0.2, 0.25) is 0 Å². The second kappa shape index (κ2) is 44.4. The Morgan fingerprint density at radius 2 is 0.884 bits per heavy atom. The van der Waals surface area contributed by atoms with E-state index in [1.165, 1.54) is 96.3 Å². The van der Waals surface area contributed by atoms with E-state index in [1.807, 2.05) is 0 Å². The number of esters is 2. The minimum absolute atomic E-state index is 0.0283. The summed E-state index contributed by atoms with van der Waals surface area (Å²) < 4.78 is 28.7. The monoisotopic (exact) mass is 1020 g/mol. The molecule has 15 heteroatoms. The van der Waals surface area contributed by atoms with E-state index in [-0.39, 0.29) is 42.8 Å². The van der Waals surface area contributed by atoms with Gasteiger partial charge in [0.25, 0.3) is 0 Å². The number of carbonyl (C=O) groups excluding carboxylic acids is 2. The van der Waals surface area contributed by atoms with Gasteiger partial charge in [0.05, 0.1) is 0 Å². The van der Waals surface area contributed by atoms with Crippen LogP contribution in [-0.2, 0) is 27.8 Å². The van der Waals surface area contributed by atoms with Gasteiger partial charge < -0.3 is 49.0 Å². The molecule has 0 aliphatic heterocycles. The number of hydrogen-bond donors (Lipinski definition) is 7. The number of ether oxygens (including phenoxy) is 2. The lowest BCUT2D eigenvalue weighted by atomic mass is 9.85. The van der Waals surface area contributed by atoms with Crippen LogP contribution < -0.4 is 0 Å². The van der Waals surface area contributed by atoms with Crippen molar-refractivity contribution in [1.29, 1.82) is 0 Å². The normalized spacial score (nSPS) is 20.7. The van der Waals surface area contributed by atoms with Gasteiger partial charge in [0.15, 0.2) is 0 Å². The standard InChI is InChI=1S/C54H103O13PS/c1-3-5-7-9-11-13-19-24-28-32-36-40-47(55)65-44-45(66-48(56)41-37-33-29-25-20-14-12-10-8-6-4-2)43-46(69-67-54-52(60)50(58)49(57)51(59)53(54)61)39-35-31-27-23-21-17-15-16-18-22-26-30-34-38-42-68(62,63)64/h15,17,45-46,49-54,57-61H,3-14,16,18-44H2,1-2H3,(H2,62,63,64)/b17-15-/t45?,46?,49-,50-,51+,52-,53-,54-/m0/s1. The number of allylic oxidation sites excluding steroid dienone is 2. The van der Waals surface area contributed by atoms with Crippen molar-refractivity contribution in [2.45, 2.75) is 306 Å². The minimum Gasteiger partial charge on any atom is -0.462 e. The minimum atomic E-state index is -3.89. The molecule has 408 valence electrons. The molecular formula is C54H103O13PS. The molecule has 0 bridgehead atoms. The molecule has 13 nitrogen and oxygen atoms in total. The lowest BCUT2D eigenvalue weighted by molar-refractivity contribution is -0.214. The van der Waals surface area contributed by atoms with Gasteiger partial charge in [0, 0.05) is 30.7 Å². The molecule has 1 fully saturated rings. The van der Waals surface area contributed by atoms with E-state index in [0.29, 0.717) is 19.3 Å². The van der Waals surface area contributed by atoms with Crippen molar-refractivity contribution in [2.24, 2.45) is 0 Å². The van der Waals surface area contributed by atoms with Crippen molar-refractivity contribution < 1.29 is 63.1 Å². The van der Waals surface area contributed by atoms with Gasteiger partial charge in [-0.2, -0.15) is 0 Å². The highest BCUT2D eigenvalue weighted by molar-refractivity contribution is 7.95. The Balaban J connectivity index is 2.78. The molecule has 0 aromatic carbocycles. The molecule has 8 atom stereocenters. The third-order valence-electron chi connectivity index (χ3n) is 13.5. The SMILES string of the molecule is CCCCCCCCCCCCCC(=O)OCC(CC(CCCCCC/C=C\CCCCCCCCP(=O)(O)O)SO[C@@H]1[C@@H](O)[C@H](O)[C@@H](O)[C@H](O)[C@@H]1O)OC(=O)CCCCCCCCCCCCC. The van der Waals surface area contributed by atoms with E-state index in [9.17, 15) is 39.7 Å². The Bertz CT molecular complexity index is 1270. The molecule has 7 N–H and O–H groups in total. The smallest absolute Gasteiger partial charge is 0.325 e. The van der Waals surface area contributed by atoms with Crippen LogP contribution in [-0.4, -0.2) is 108 Å². The average Bonchev–Trinajstić information content (AvgIpc) is 3.32. The summed E-state index contributed by atoms with van der Waals surface area (Å²) in [6, 6.07) is 0. The molecule has 1 saturated carbocycles. The molecule has 0 aromatic rings. The van der Waals surface area contributed by atoms with Crippen LogP contribution in [0.1, 0.15) is 258 Å². The molecule has 69 heavy (non-hydrogen) atoms. The number of aliphatic hydroxyl groups is 5. The van der Waals surface area contributed by atoms with Crippen LogP contribution in [0.15, 0.2) is 12.2 Å². The summed E-state index contributed by atoms with van der Waals surface area (Å²) >= 11 is 0.985. The Kier molecular flexibility index (Phi) is 42.5. The molecule has 0 saturated heterocycles. The van der Waals surface area contributed by atoms with Crippen molar-refractivity contribution in [1.82, 2.24) is 0 Å². The Labute approximate surface area is 423 Å². The highest BCUT2D eigenvalue weighted by atomic mass is 32.2. The quantitative estimate of drug-likeness (QED) is 0.00991. The van der Waals surface area contributed by atoms with Gasteiger partial charge in [-0.15, -0.1) is 0 Å². The Morgan fingerprint density at radius 1 is 0.507 bits per heavy atom. The first-order valence-corrected chi connectivity index (χ1v) is 30.7. The number of unbranched alkanes of at least 4 members (excludes halogenated alkanes) is 30. The first-order valence-electron chi connectivity index (χ1n) is 28.1. The van der Waals surface area contributed by atoms with Crippen molar-refractivity contribution in [3.63, 3.8) is 0 Å². The number of rotatable bonds is 48. The second-order valence-corrected chi connectivity index (χ2v) is 22.9. The summed E-state index contributed by atoms with van der Waals surface area (Å²) in [6.07, 6.45) is 32.5. The van der Waals surface area contributed by atoms with E-state index in [0.717, 1.165) is 128 Å². The van der Waals surface area contributed by atoms with Gasteiger partial charge in [0.2, 0.25) is 0 Å². The largest absolute Gasteiger partial charge is 0.462 e. The van der Waals surface area contributed by atoms with E-state index in [2.05, 4.69) is 26.0 Å². The Hall–Kier alpha value is -1.06. The fourth-order valence-corrected chi connectivity index (χ4v) is 10.7. The third kappa shape index (κ3) is 37.3. The van der Waals surface area contributed by atoms with Crippen LogP contribution in [0.5, 0.6) is 0 Å². The predicted octanol–water partition coefficient (Wildman–Crippen LogP) is 12.3. The van der Waals surface area contributed by atoms with Gasteiger partial charge in [-0.1, -0.05) is 199 Å². The number of aliphatic hydroxyl groups excluding tert-OH is 5. The zero-order valence-corrected chi connectivity index (χ0v) is 45.2. The first-order chi connectivity index (χ1) is 33.3. The predicted molar refractivity (Wildman–Crippen MR) is 280 cm³/mol. The van der Waals surface area contributed by atoms with Crippen molar-refractivity contribution in [2.75, 3.05) is 12.8 Å². The van der Waals surface area contributed by atoms with Gasteiger partial charge >= 0.3 is 19.5 Å². The molecule has 1 aliphatic carbocycles. The highest BCUT2D eigenvalue weighted by Crippen LogP contribution is 2.36. The highest BCUT2D eigenvalue weighted by Gasteiger charge is 2.49. The molecule has 2 unspecified atom stereocenters. The van der Waals surface area contributed by atoms with Gasteiger partial charge in [-0.3, -0.25) is 14.2 Å². The second-order valence-electron chi connectivity index (χ2n) is 20.1. The fraction of sp³-hybridized carbons (Fsp3) is 0.926. The van der Waals surface area contributed by atoms with Crippen LogP contribution in [0.3, 0.4) is 0 Å². The molecule has 1 aliphatic rings. The van der Waals surface area contributed by atoms with Crippen LogP contribution in [0.4, 0.5) is 0 Å².